The van der Waals surface area contributed by atoms with E-state index in [0.717, 1.165) is 18.7 Å². The van der Waals surface area contributed by atoms with Crippen molar-refractivity contribution in [2.75, 3.05) is 39.3 Å². The average molecular weight is 442 g/mol. The van der Waals surface area contributed by atoms with Gasteiger partial charge >= 0.3 is 0 Å². The number of carbonyl (C=O) groups is 2. The summed E-state index contributed by atoms with van der Waals surface area (Å²) in [7, 11) is 0. The molecule has 0 unspecified atom stereocenters. The molecule has 0 spiro atoms. The van der Waals surface area contributed by atoms with Gasteiger partial charge in [0, 0.05) is 45.8 Å². The standard InChI is InChI=1S/C23H24FN3O3S/c24-19-7-5-18(6-8-19)17-27(23(29)21-4-2-16-31-21)14-11-25-9-12-26(13-10-25)22(28)20-3-1-15-30-20/h1-8,15-16H,9-14,17H2. The van der Waals surface area contributed by atoms with Gasteiger partial charge in [-0.1, -0.05) is 18.2 Å². The second-order valence-corrected chi connectivity index (χ2v) is 8.39. The lowest BCUT2D eigenvalue weighted by Gasteiger charge is -2.35. The first kappa shape index (κ1) is 21.3. The highest BCUT2D eigenvalue weighted by molar-refractivity contribution is 7.12. The van der Waals surface area contributed by atoms with E-state index in [1.54, 1.807) is 34.1 Å². The van der Waals surface area contributed by atoms with Crippen LogP contribution in [0.5, 0.6) is 0 Å². The number of carbonyl (C=O) groups excluding carboxylic acids is 2. The fourth-order valence-electron chi connectivity index (χ4n) is 3.61. The van der Waals surface area contributed by atoms with Crippen molar-refractivity contribution >= 4 is 23.2 Å². The Labute approximate surface area is 184 Å². The third-order valence-electron chi connectivity index (χ3n) is 5.38. The number of hydrogen-bond acceptors (Lipinski definition) is 5. The second-order valence-electron chi connectivity index (χ2n) is 7.44. The summed E-state index contributed by atoms with van der Waals surface area (Å²) in [5.74, 6) is -0.0382. The number of nitrogens with zero attached hydrogens (tertiary/aromatic N) is 3. The molecule has 4 rings (SSSR count). The molecule has 1 aliphatic heterocycles. The second kappa shape index (κ2) is 9.89. The van der Waals surface area contributed by atoms with Crippen molar-refractivity contribution in [1.29, 1.82) is 0 Å². The van der Waals surface area contributed by atoms with Crippen molar-refractivity contribution in [2.45, 2.75) is 6.54 Å². The van der Waals surface area contributed by atoms with Crippen LogP contribution in [0.25, 0.3) is 0 Å². The van der Waals surface area contributed by atoms with Crippen molar-refractivity contribution < 1.29 is 18.4 Å². The molecule has 8 heteroatoms. The Bertz CT molecular complexity index is 982. The Morgan fingerprint density at radius 1 is 1.03 bits per heavy atom. The molecular formula is C23H24FN3O3S. The van der Waals surface area contributed by atoms with Crippen molar-refractivity contribution in [2.24, 2.45) is 0 Å². The molecule has 2 amide bonds. The van der Waals surface area contributed by atoms with E-state index >= 15 is 0 Å². The lowest BCUT2D eigenvalue weighted by Crippen LogP contribution is -2.50. The van der Waals surface area contributed by atoms with Crippen molar-refractivity contribution in [3.63, 3.8) is 0 Å². The number of benzene rings is 1. The molecule has 1 fully saturated rings. The number of thiophene rings is 1. The number of amides is 2. The summed E-state index contributed by atoms with van der Waals surface area (Å²) in [6.45, 7) is 4.41. The summed E-state index contributed by atoms with van der Waals surface area (Å²) in [4.78, 5) is 32.0. The van der Waals surface area contributed by atoms with Gasteiger partial charge in [-0.15, -0.1) is 11.3 Å². The van der Waals surface area contributed by atoms with E-state index in [1.165, 1.54) is 29.7 Å². The third-order valence-corrected chi connectivity index (χ3v) is 6.24. The van der Waals surface area contributed by atoms with Gasteiger partial charge in [-0.3, -0.25) is 14.5 Å². The van der Waals surface area contributed by atoms with E-state index in [9.17, 15) is 14.0 Å². The van der Waals surface area contributed by atoms with Crippen LogP contribution in [0.3, 0.4) is 0 Å². The largest absolute Gasteiger partial charge is 0.459 e. The minimum absolute atomic E-state index is 0.0223. The Hall–Kier alpha value is -2.97. The van der Waals surface area contributed by atoms with Crippen LogP contribution >= 0.6 is 11.3 Å². The lowest BCUT2D eigenvalue weighted by molar-refractivity contribution is 0.0575. The van der Waals surface area contributed by atoms with Gasteiger partial charge in [0.1, 0.15) is 5.82 Å². The number of furan rings is 1. The fraction of sp³-hybridized carbons (Fsp3) is 0.304. The minimum atomic E-state index is -0.290. The van der Waals surface area contributed by atoms with Crippen LogP contribution in [-0.4, -0.2) is 65.8 Å². The third kappa shape index (κ3) is 5.39. The zero-order valence-electron chi connectivity index (χ0n) is 17.1. The molecule has 31 heavy (non-hydrogen) atoms. The van der Waals surface area contributed by atoms with Gasteiger partial charge < -0.3 is 14.2 Å². The Morgan fingerprint density at radius 3 is 2.45 bits per heavy atom. The average Bonchev–Trinajstić information content (AvgIpc) is 3.52. The maximum Gasteiger partial charge on any atom is 0.289 e. The quantitative estimate of drug-likeness (QED) is 0.562. The summed E-state index contributed by atoms with van der Waals surface area (Å²) in [5, 5.41) is 1.89. The Kier molecular flexibility index (Phi) is 6.79. The number of rotatable bonds is 7. The summed E-state index contributed by atoms with van der Waals surface area (Å²) in [5.41, 5.74) is 0.889. The summed E-state index contributed by atoms with van der Waals surface area (Å²) in [6, 6.07) is 13.3. The van der Waals surface area contributed by atoms with Crippen LogP contribution < -0.4 is 0 Å². The molecule has 3 aromatic rings. The van der Waals surface area contributed by atoms with Gasteiger partial charge in [-0.05, 0) is 41.3 Å². The van der Waals surface area contributed by atoms with Gasteiger partial charge in [-0.2, -0.15) is 0 Å². The van der Waals surface area contributed by atoms with Gasteiger partial charge in [0.25, 0.3) is 11.8 Å². The molecule has 0 aliphatic carbocycles. The molecule has 1 aliphatic rings. The normalized spacial score (nSPS) is 14.5. The lowest BCUT2D eigenvalue weighted by atomic mass is 10.2. The first-order chi connectivity index (χ1) is 15.1. The van der Waals surface area contributed by atoms with Crippen molar-refractivity contribution in [3.8, 4) is 0 Å². The molecule has 0 saturated carbocycles. The Morgan fingerprint density at radius 2 is 1.81 bits per heavy atom. The van der Waals surface area contributed by atoms with Crippen LogP contribution in [0.15, 0.2) is 64.6 Å². The van der Waals surface area contributed by atoms with Crippen LogP contribution in [-0.2, 0) is 6.54 Å². The first-order valence-electron chi connectivity index (χ1n) is 10.2. The summed E-state index contributed by atoms with van der Waals surface area (Å²) < 4.78 is 18.5. The molecular weight excluding hydrogens is 417 g/mol. The summed E-state index contributed by atoms with van der Waals surface area (Å²) in [6.07, 6.45) is 1.50. The monoisotopic (exact) mass is 441 g/mol. The zero-order valence-corrected chi connectivity index (χ0v) is 17.9. The number of halogens is 1. The highest BCUT2D eigenvalue weighted by Gasteiger charge is 2.25. The number of piperazine rings is 1. The predicted octanol–water partition coefficient (Wildman–Crippen LogP) is 3.58. The molecule has 2 aromatic heterocycles. The van der Waals surface area contributed by atoms with Crippen LogP contribution in [0.1, 0.15) is 25.8 Å². The van der Waals surface area contributed by atoms with Crippen LogP contribution in [0.4, 0.5) is 4.39 Å². The van der Waals surface area contributed by atoms with Gasteiger partial charge in [-0.25, -0.2) is 4.39 Å². The van der Waals surface area contributed by atoms with Gasteiger partial charge in [0.15, 0.2) is 5.76 Å². The van der Waals surface area contributed by atoms with E-state index in [0.29, 0.717) is 43.4 Å². The smallest absolute Gasteiger partial charge is 0.289 e. The molecule has 3 heterocycles. The Balaban J connectivity index is 1.34. The van der Waals surface area contributed by atoms with Crippen molar-refractivity contribution in [1.82, 2.24) is 14.7 Å². The molecule has 6 nitrogen and oxygen atoms in total. The van der Waals surface area contributed by atoms with Gasteiger partial charge in [0.2, 0.25) is 0 Å². The molecule has 1 saturated heterocycles. The van der Waals surface area contributed by atoms with E-state index < -0.39 is 0 Å². The highest BCUT2D eigenvalue weighted by atomic mass is 32.1. The molecule has 0 bridgehead atoms. The molecule has 0 N–H and O–H groups in total. The fourth-order valence-corrected chi connectivity index (χ4v) is 4.30. The van der Waals surface area contributed by atoms with E-state index in [2.05, 4.69) is 4.90 Å². The highest BCUT2D eigenvalue weighted by Crippen LogP contribution is 2.16. The van der Waals surface area contributed by atoms with E-state index in [4.69, 9.17) is 4.42 Å². The van der Waals surface area contributed by atoms with E-state index in [1.807, 2.05) is 17.5 Å². The SMILES string of the molecule is O=C(c1ccco1)N1CCN(CCN(Cc2ccc(F)cc2)C(=O)c2cccs2)CC1. The predicted molar refractivity (Wildman–Crippen MR) is 117 cm³/mol. The maximum absolute atomic E-state index is 13.3. The molecule has 0 radical (unpaired) electrons. The molecule has 162 valence electrons. The molecule has 0 atom stereocenters. The first-order valence-corrected chi connectivity index (χ1v) is 11.1. The maximum atomic E-state index is 13.3. The summed E-state index contributed by atoms with van der Waals surface area (Å²) >= 11 is 1.42. The number of hydrogen-bond donors (Lipinski definition) is 0. The van der Waals surface area contributed by atoms with E-state index in [-0.39, 0.29) is 17.6 Å². The molecule has 1 aromatic carbocycles. The minimum Gasteiger partial charge on any atom is -0.459 e. The topological polar surface area (TPSA) is 57.0 Å². The van der Waals surface area contributed by atoms with Gasteiger partial charge in [0.05, 0.1) is 11.1 Å². The van der Waals surface area contributed by atoms with Crippen LogP contribution in [0, 0.1) is 5.82 Å². The van der Waals surface area contributed by atoms with Crippen molar-refractivity contribution in [3.05, 3.63) is 82.2 Å². The van der Waals surface area contributed by atoms with Crippen LogP contribution in [0.2, 0.25) is 0 Å². The zero-order chi connectivity index (χ0) is 21.6.